The van der Waals surface area contributed by atoms with Gasteiger partial charge in [-0.05, 0) is 0 Å². The van der Waals surface area contributed by atoms with Crippen molar-refractivity contribution in [2.24, 2.45) is 0 Å². The van der Waals surface area contributed by atoms with Gasteiger partial charge in [0.2, 0.25) is 0 Å². The fraction of sp³-hybridized carbons (Fsp3) is 1.00. The number of hydrogen-bond acceptors (Lipinski definition) is 4. The Morgan fingerprint density at radius 2 is 1.93 bits per heavy atom. The van der Waals surface area contributed by atoms with Crippen molar-refractivity contribution in [3.63, 3.8) is 0 Å². The van der Waals surface area contributed by atoms with E-state index >= 15 is 0 Å². The van der Waals surface area contributed by atoms with Crippen molar-refractivity contribution in [3.05, 3.63) is 0 Å². The van der Waals surface area contributed by atoms with Crippen LogP contribution in [0.4, 0.5) is 13.2 Å². The minimum Gasteiger partial charge on any atom is -0.390 e. The molecule has 2 atom stereocenters. The number of hydrogen-bond donors (Lipinski definition) is 2. The van der Waals surface area contributed by atoms with E-state index in [4.69, 9.17) is 5.11 Å². The molecule has 14 heavy (non-hydrogen) atoms. The minimum atomic E-state index is -4.40. The number of aliphatic hydroxyl groups is 1. The first kappa shape index (κ1) is 11.7. The molecule has 0 saturated carbocycles. The van der Waals surface area contributed by atoms with Crippen molar-refractivity contribution in [3.8, 4) is 0 Å². The van der Waals surface area contributed by atoms with Crippen LogP contribution < -0.4 is 5.32 Å². The van der Waals surface area contributed by atoms with Gasteiger partial charge in [-0.15, -0.1) is 0 Å². The molecule has 4 nitrogen and oxygen atoms in total. The first-order valence-corrected chi connectivity index (χ1v) is 5.70. The van der Waals surface area contributed by atoms with E-state index in [-0.39, 0.29) is 0 Å². The number of sulfone groups is 1. The molecule has 1 heterocycles. The lowest BCUT2D eigenvalue weighted by molar-refractivity contribution is -0.127. The molecule has 0 radical (unpaired) electrons. The molecule has 84 valence electrons. The fourth-order valence-electron chi connectivity index (χ4n) is 1.27. The van der Waals surface area contributed by atoms with E-state index in [0.29, 0.717) is 0 Å². The number of halogens is 3. The highest BCUT2D eigenvalue weighted by atomic mass is 32.2. The molecule has 2 N–H and O–H groups in total. The highest BCUT2D eigenvalue weighted by molar-refractivity contribution is 7.91. The Bertz CT molecular complexity index is 300. The maximum absolute atomic E-state index is 11.7. The summed E-state index contributed by atoms with van der Waals surface area (Å²) in [6.45, 7) is -1.29. The maximum atomic E-state index is 11.7. The Morgan fingerprint density at radius 3 is 2.29 bits per heavy atom. The van der Waals surface area contributed by atoms with Crippen LogP contribution in [-0.4, -0.2) is 49.9 Å². The number of rotatable bonds is 2. The minimum absolute atomic E-state index is 0.440. The van der Waals surface area contributed by atoms with Crippen LogP contribution in [0.1, 0.15) is 0 Å². The Kier molecular flexibility index (Phi) is 3.07. The van der Waals surface area contributed by atoms with Gasteiger partial charge in [0.1, 0.15) is 0 Å². The summed E-state index contributed by atoms with van der Waals surface area (Å²) in [5, 5.41) is 11.1. The van der Waals surface area contributed by atoms with Gasteiger partial charge in [0.05, 0.1) is 24.2 Å². The molecule has 1 aliphatic heterocycles. The smallest absolute Gasteiger partial charge is 0.390 e. The Balaban J connectivity index is 2.48. The monoisotopic (exact) mass is 233 g/mol. The van der Waals surface area contributed by atoms with Gasteiger partial charge < -0.3 is 10.4 Å². The van der Waals surface area contributed by atoms with E-state index in [1.807, 2.05) is 5.32 Å². The Hall–Kier alpha value is -0.340. The summed E-state index contributed by atoms with van der Waals surface area (Å²) >= 11 is 0. The van der Waals surface area contributed by atoms with E-state index in [2.05, 4.69) is 0 Å². The van der Waals surface area contributed by atoms with Crippen molar-refractivity contribution in [2.45, 2.75) is 18.3 Å². The van der Waals surface area contributed by atoms with Crippen LogP contribution in [0.2, 0.25) is 0 Å². The zero-order valence-corrected chi connectivity index (χ0v) is 7.90. The number of aliphatic hydroxyl groups excluding tert-OH is 1. The lowest BCUT2D eigenvalue weighted by atomic mass is 10.2. The fourth-order valence-corrected chi connectivity index (χ4v) is 3.05. The number of nitrogens with one attached hydrogen (secondary N) is 1. The molecule has 1 fully saturated rings. The van der Waals surface area contributed by atoms with Crippen LogP contribution in [-0.2, 0) is 9.84 Å². The molecule has 0 spiro atoms. The second-order valence-electron chi connectivity index (χ2n) is 3.25. The first-order chi connectivity index (χ1) is 6.20. The molecule has 0 aromatic rings. The van der Waals surface area contributed by atoms with E-state index in [1.165, 1.54) is 0 Å². The third kappa shape index (κ3) is 3.43. The number of alkyl halides is 3. The molecule has 1 rings (SSSR count). The third-order valence-electron chi connectivity index (χ3n) is 1.89. The van der Waals surface area contributed by atoms with Crippen molar-refractivity contribution in [1.29, 1.82) is 0 Å². The van der Waals surface area contributed by atoms with Crippen LogP contribution >= 0.6 is 0 Å². The average Bonchev–Trinajstić information content (AvgIpc) is 2.19. The van der Waals surface area contributed by atoms with Crippen molar-refractivity contribution in [2.75, 3.05) is 18.1 Å². The van der Waals surface area contributed by atoms with Crippen LogP contribution in [0.15, 0.2) is 0 Å². The molecule has 0 aliphatic carbocycles. The van der Waals surface area contributed by atoms with Crippen molar-refractivity contribution < 1.29 is 26.7 Å². The molecular weight excluding hydrogens is 223 g/mol. The van der Waals surface area contributed by atoms with Crippen molar-refractivity contribution >= 4 is 9.84 Å². The summed E-state index contributed by atoms with van der Waals surface area (Å²) < 4.78 is 57.0. The van der Waals surface area contributed by atoms with Gasteiger partial charge >= 0.3 is 6.18 Å². The standard InChI is InChI=1S/C6H10F3NO3S/c7-6(8,9)3-10-4-1-14(12,13)2-5(4)11/h4-5,10-11H,1-3H2. The molecule has 1 saturated heterocycles. The zero-order chi connectivity index (χ0) is 11.0. The van der Waals surface area contributed by atoms with Gasteiger partial charge in [-0.25, -0.2) is 8.42 Å². The lowest BCUT2D eigenvalue weighted by Crippen LogP contribution is -2.43. The Labute approximate surface area is 79.0 Å². The highest BCUT2D eigenvalue weighted by Crippen LogP contribution is 2.16. The molecule has 2 unspecified atom stereocenters. The van der Waals surface area contributed by atoms with Gasteiger partial charge in [0.25, 0.3) is 0 Å². The van der Waals surface area contributed by atoms with Crippen LogP contribution in [0.3, 0.4) is 0 Å². The molecular formula is C6H10F3NO3S. The van der Waals surface area contributed by atoms with E-state index in [9.17, 15) is 21.6 Å². The molecule has 0 aromatic carbocycles. The van der Waals surface area contributed by atoms with Crippen LogP contribution in [0, 0.1) is 0 Å². The second kappa shape index (κ2) is 3.67. The zero-order valence-electron chi connectivity index (χ0n) is 7.08. The lowest BCUT2D eigenvalue weighted by Gasteiger charge is -2.15. The van der Waals surface area contributed by atoms with Gasteiger partial charge in [0, 0.05) is 6.04 Å². The van der Waals surface area contributed by atoms with Crippen LogP contribution in [0.25, 0.3) is 0 Å². The molecule has 0 amide bonds. The normalized spacial score (nSPS) is 32.0. The summed E-state index contributed by atoms with van der Waals surface area (Å²) in [5.41, 5.74) is 0. The average molecular weight is 233 g/mol. The summed E-state index contributed by atoms with van der Waals surface area (Å²) in [5.74, 6) is -0.910. The SMILES string of the molecule is O=S1(=O)CC(O)C(NCC(F)(F)F)C1. The molecule has 8 heteroatoms. The van der Waals surface area contributed by atoms with Gasteiger partial charge in [-0.3, -0.25) is 0 Å². The summed E-state index contributed by atoms with van der Waals surface area (Å²) in [4.78, 5) is 0. The predicted molar refractivity (Wildman–Crippen MR) is 42.5 cm³/mol. The second-order valence-corrected chi connectivity index (χ2v) is 5.40. The summed E-state index contributed by atoms with van der Waals surface area (Å²) in [6.07, 6.45) is -5.64. The van der Waals surface area contributed by atoms with E-state index < -0.39 is 46.2 Å². The molecule has 1 aliphatic rings. The van der Waals surface area contributed by atoms with Crippen LogP contribution in [0.5, 0.6) is 0 Å². The van der Waals surface area contributed by atoms with E-state index in [1.54, 1.807) is 0 Å². The molecule has 0 bridgehead atoms. The van der Waals surface area contributed by atoms with E-state index in [0.717, 1.165) is 0 Å². The van der Waals surface area contributed by atoms with Gasteiger partial charge in [-0.2, -0.15) is 13.2 Å². The van der Waals surface area contributed by atoms with Crippen molar-refractivity contribution in [1.82, 2.24) is 5.32 Å². The first-order valence-electron chi connectivity index (χ1n) is 3.88. The Morgan fingerprint density at radius 1 is 1.36 bits per heavy atom. The van der Waals surface area contributed by atoms with Gasteiger partial charge in [-0.1, -0.05) is 0 Å². The summed E-state index contributed by atoms with van der Waals surface area (Å²) in [7, 11) is -3.39. The molecule has 0 aromatic heterocycles. The highest BCUT2D eigenvalue weighted by Gasteiger charge is 2.38. The summed E-state index contributed by atoms with van der Waals surface area (Å²) in [6, 6.07) is -1.01. The third-order valence-corrected chi connectivity index (χ3v) is 3.60. The van der Waals surface area contributed by atoms with Gasteiger partial charge in [0.15, 0.2) is 9.84 Å². The largest absolute Gasteiger partial charge is 0.401 e. The quantitative estimate of drug-likeness (QED) is 0.661. The maximum Gasteiger partial charge on any atom is 0.401 e. The topological polar surface area (TPSA) is 66.4 Å². The predicted octanol–water partition coefficient (Wildman–Crippen LogP) is -0.704.